The summed E-state index contributed by atoms with van der Waals surface area (Å²) in [7, 11) is 0. The molecule has 0 aliphatic heterocycles. The minimum atomic E-state index is -0.630. The number of carbonyl (C=O) groups is 2. The second kappa shape index (κ2) is 14.3. The normalized spacial score (nSPS) is 12.5. The maximum Gasteiger partial charge on any atom is 0.251 e. The van der Waals surface area contributed by atoms with Crippen molar-refractivity contribution in [2.75, 3.05) is 0 Å². The van der Waals surface area contributed by atoms with Gasteiger partial charge in [-0.1, -0.05) is 83.9 Å². The number of nitrogens with one attached hydrogen (secondary N) is 2. The van der Waals surface area contributed by atoms with Gasteiger partial charge in [0.1, 0.15) is 11.5 Å². The van der Waals surface area contributed by atoms with E-state index >= 15 is 0 Å². The summed E-state index contributed by atoms with van der Waals surface area (Å²) in [5.41, 5.74) is 2.35. The Morgan fingerprint density at radius 1 is 0.571 bits per heavy atom. The van der Waals surface area contributed by atoms with Crippen molar-refractivity contribution in [2.45, 2.75) is 52.0 Å². The fourth-order valence-electron chi connectivity index (χ4n) is 4.47. The molecule has 0 radical (unpaired) electrons. The monoisotopic (exact) mass is 604 g/mol. The summed E-state index contributed by atoms with van der Waals surface area (Å²) in [4.78, 5) is 27.2. The highest BCUT2D eigenvalue weighted by Crippen LogP contribution is 2.32. The molecule has 0 heterocycles. The second-order valence-electron chi connectivity index (χ2n) is 10.3. The van der Waals surface area contributed by atoms with Gasteiger partial charge in [-0.3, -0.25) is 9.59 Å². The average molecular weight is 606 g/mol. The van der Waals surface area contributed by atoms with E-state index in [1.54, 1.807) is 36.4 Å². The molecule has 2 atom stereocenters. The maximum absolute atomic E-state index is 13.6. The van der Waals surface area contributed by atoms with Crippen molar-refractivity contribution < 1.29 is 19.1 Å². The topological polar surface area (TPSA) is 76.7 Å². The molecule has 6 nitrogen and oxygen atoms in total. The number of carbonyl (C=O) groups excluding carboxylic acids is 2. The Labute approximate surface area is 257 Å². The Balaban J connectivity index is 1.68. The van der Waals surface area contributed by atoms with E-state index in [2.05, 4.69) is 10.6 Å². The lowest BCUT2D eigenvalue weighted by Gasteiger charge is -2.30. The van der Waals surface area contributed by atoms with Gasteiger partial charge in [0, 0.05) is 11.1 Å². The predicted molar refractivity (Wildman–Crippen MR) is 168 cm³/mol. The molecule has 2 unspecified atom stereocenters. The minimum Gasteiger partial charge on any atom is -0.489 e. The van der Waals surface area contributed by atoms with Crippen LogP contribution in [0.3, 0.4) is 0 Å². The number of hydrogen-bond acceptors (Lipinski definition) is 4. The highest BCUT2D eigenvalue weighted by molar-refractivity contribution is 6.32. The van der Waals surface area contributed by atoms with Crippen LogP contribution >= 0.6 is 23.2 Å². The van der Waals surface area contributed by atoms with Crippen LogP contribution in [0, 0.1) is 0 Å². The van der Waals surface area contributed by atoms with Crippen molar-refractivity contribution in [1.29, 1.82) is 0 Å². The zero-order chi connectivity index (χ0) is 30.2. The molecule has 218 valence electrons. The summed E-state index contributed by atoms with van der Waals surface area (Å²) in [6.45, 7) is 7.62. The SMILES string of the molecule is CC(C)Oc1ccc(C(=O)NC(c2ccccc2)C(NC(=O)c2ccc(OC(C)C)c(Cl)c2)c2ccccc2)cc1Cl. The van der Waals surface area contributed by atoms with Crippen molar-refractivity contribution in [2.24, 2.45) is 0 Å². The summed E-state index contributed by atoms with van der Waals surface area (Å²) in [5, 5.41) is 6.94. The van der Waals surface area contributed by atoms with Gasteiger partial charge in [-0.15, -0.1) is 0 Å². The van der Waals surface area contributed by atoms with Crippen LogP contribution in [0.25, 0.3) is 0 Å². The van der Waals surface area contributed by atoms with Crippen molar-refractivity contribution in [3.8, 4) is 11.5 Å². The van der Waals surface area contributed by atoms with Crippen LogP contribution in [0.15, 0.2) is 97.1 Å². The van der Waals surface area contributed by atoms with Crippen molar-refractivity contribution >= 4 is 35.0 Å². The van der Waals surface area contributed by atoms with Gasteiger partial charge < -0.3 is 20.1 Å². The number of benzene rings is 4. The van der Waals surface area contributed by atoms with E-state index in [-0.39, 0.29) is 24.0 Å². The maximum atomic E-state index is 13.6. The molecule has 0 bridgehead atoms. The van der Waals surface area contributed by atoms with Crippen molar-refractivity contribution in [1.82, 2.24) is 10.6 Å². The minimum absolute atomic E-state index is 0.0614. The molecule has 42 heavy (non-hydrogen) atoms. The Morgan fingerprint density at radius 3 is 1.24 bits per heavy atom. The van der Waals surface area contributed by atoms with E-state index in [0.717, 1.165) is 11.1 Å². The smallest absolute Gasteiger partial charge is 0.251 e. The van der Waals surface area contributed by atoms with Gasteiger partial charge in [0.05, 0.1) is 34.3 Å². The molecular weight excluding hydrogens is 571 g/mol. The van der Waals surface area contributed by atoms with Crippen LogP contribution in [0.5, 0.6) is 11.5 Å². The molecule has 0 spiro atoms. The highest BCUT2D eigenvalue weighted by atomic mass is 35.5. The Hall–Kier alpha value is -4.00. The van der Waals surface area contributed by atoms with Gasteiger partial charge in [-0.25, -0.2) is 0 Å². The van der Waals surface area contributed by atoms with E-state index in [4.69, 9.17) is 32.7 Å². The molecule has 8 heteroatoms. The first-order chi connectivity index (χ1) is 20.1. The molecule has 4 aromatic rings. The molecular formula is C34H34Cl2N2O4. The van der Waals surface area contributed by atoms with Crippen LogP contribution in [0.1, 0.15) is 71.6 Å². The van der Waals surface area contributed by atoms with E-state index in [0.29, 0.717) is 32.7 Å². The second-order valence-corrected chi connectivity index (χ2v) is 11.2. The molecule has 0 fully saturated rings. The Bertz CT molecular complexity index is 1400. The van der Waals surface area contributed by atoms with Crippen LogP contribution in [-0.4, -0.2) is 24.0 Å². The lowest BCUT2D eigenvalue weighted by Crippen LogP contribution is -2.40. The lowest BCUT2D eigenvalue weighted by molar-refractivity contribution is 0.0881. The standard InChI is InChI=1S/C34H34Cl2N2O4/c1-21(2)41-29-17-15-25(19-27(29)35)33(39)37-31(23-11-7-5-8-12-23)32(24-13-9-6-10-14-24)38-34(40)26-16-18-30(28(36)20-26)42-22(3)4/h5-22,31-32H,1-4H3,(H,37,39)(H,38,40). The first-order valence-electron chi connectivity index (χ1n) is 13.8. The molecule has 4 aromatic carbocycles. The third kappa shape index (κ3) is 8.05. The van der Waals surface area contributed by atoms with E-state index in [1.807, 2.05) is 88.4 Å². The van der Waals surface area contributed by atoms with E-state index < -0.39 is 12.1 Å². The summed E-state index contributed by atoms with van der Waals surface area (Å²) < 4.78 is 11.4. The third-order valence-electron chi connectivity index (χ3n) is 6.34. The molecule has 2 amide bonds. The molecule has 4 rings (SSSR count). The first kappa shape index (κ1) is 30.9. The Morgan fingerprint density at radius 2 is 0.929 bits per heavy atom. The van der Waals surface area contributed by atoms with Gasteiger partial charge in [0.15, 0.2) is 0 Å². The zero-order valence-corrected chi connectivity index (χ0v) is 25.4. The van der Waals surface area contributed by atoms with E-state index in [9.17, 15) is 9.59 Å². The summed E-state index contributed by atoms with van der Waals surface area (Å²) in [5.74, 6) is 0.298. The molecule has 0 saturated heterocycles. The number of amides is 2. The van der Waals surface area contributed by atoms with Crippen LogP contribution in [0.4, 0.5) is 0 Å². The summed E-state index contributed by atoms with van der Waals surface area (Å²) in [6.07, 6.45) is -0.123. The molecule has 0 aliphatic carbocycles. The lowest BCUT2D eigenvalue weighted by atomic mass is 9.92. The number of rotatable bonds is 11. The van der Waals surface area contributed by atoms with Crippen LogP contribution in [-0.2, 0) is 0 Å². The number of halogens is 2. The fourth-order valence-corrected chi connectivity index (χ4v) is 4.92. The largest absolute Gasteiger partial charge is 0.489 e. The summed E-state index contributed by atoms with van der Waals surface area (Å²) >= 11 is 12.9. The fraction of sp³-hybridized carbons (Fsp3) is 0.235. The molecule has 2 N–H and O–H groups in total. The van der Waals surface area contributed by atoms with Crippen molar-refractivity contribution in [3.05, 3.63) is 129 Å². The van der Waals surface area contributed by atoms with Crippen molar-refractivity contribution in [3.63, 3.8) is 0 Å². The van der Waals surface area contributed by atoms with Gasteiger partial charge in [-0.2, -0.15) is 0 Å². The summed E-state index contributed by atoms with van der Waals surface area (Å²) in [6, 6.07) is 27.6. The van der Waals surface area contributed by atoms with Gasteiger partial charge in [0.25, 0.3) is 11.8 Å². The number of hydrogen-bond donors (Lipinski definition) is 2. The van der Waals surface area contributed by atoms with Gasteiger partial charge >= 0.3 is 0 Å². The number of ether oxygens (including phenoxy) is 2. The Kier molecular flexibility index (Phi) is 10.5. The molecule has 0 aliphatic rings. The van der Waals surface area contributed by atoms with Gasteiger partial charge in [0.2, 0.25) is 0 Å². The first-order valence-corrected chi connectivity index (χ1v) is 14.5. The highest BCUT2D eigenvalue weighted by Gasteiger charge is 2.29. The zero-order valence-electron chi connectivity index (χ0n) is 23.9. The van der Waals surface area contributed by atoms with Gasteiger partial charge in [-0.05, 0) is 75.2 Å². The van der Waals surface area contributed by atoms with E-state index in [1.165, 1.54) is 0 Å². The quantitative estimate of drug-likeness (QED) is 0.181. The predicted octanol–water partition coefficient (Wildman–Crippen LogP) is 8.21. The third-order valence-corrected chi connectivity index (χ3v) is 6.93. The van der Waals surface area contributed by atoms with Crippen LogP contribution in [0.2, 0.25) is 10.0 Å². The van der Waals surface area contributed by atoms with Crippen LogP contribution < -0.4 is 20.1 Å². The average Bonchev–Trinajstić information content (AvgIpc) is 2.97. The molecule has 0 saturated carbocycles. The molecule has 0 aromatic heterocycles.